The molecular formula is C17H17BrN2O2. The number of hydrogen-bond acceptors (Lipinski definition) is 2. The van der Waals surface area contributed by atoms with Gasteiger partial charge in [0.2, 0.25) is 11.8 Å². The lowest BCUT2D eigenvalue weighted by Crippen LogP contribution is -2.25. The largest absolute Gasteiger partial charge is 0.324 e. The lowest BCUT2D eigenvalue weighted by atomic mass is 10.1. The van der Waals surface area contributed by atoms with Crippen LogP contribution in [0.5, 0.6) is 0 Å². The minimum absolute atomic E-state index is 0.0903. The molecule has 0 radical (unpaired) electrons. The van der Waals surface area contributed by atoms with Crippen molar-refractivity contribution in [1.29, 1.82) is 0 Å². The molecular weight excluding hydrogens is 344 g/mol. The number of anilines is 2. The highest BCUT2D eigenvalue weighted by molar-refractivity contribution is 9.10. The molecule has 1 N–H and O–H groups in total. The van der Waals surface area contributed by atoms with E-state index in [0.717, 1.165) is 10.0 Å². The predicted molar refractivity (Wildman–Crippen MR) is 92.0 cm³/mol. The molecule has 4 nitrogen and oxygen atoms in total. The van der Waals surface area contributed by atoms with Crippen molar-refractivity contribution < 1.29 is 9.59 Å². The standard InChI is InChI=1S/C17H17BrN2O2/c1-12(21)20(2)16-10-6-5-9-15(16)19-17(22)11-13-7-3-4-8-14(13)18/h3-10H,11H2,1-2H3,(H,19,22). The number of rotatable bonds is 4. The first-order valence-electron chi connectivity index (χ1n) is 6.85. The summed E-state index contributed by atoms with van der Waals surface area (Å²) in [6.07, 6.45) is 0.263. The molecule has 22 heavy (non-hydrogen) atoms. The molecule has 2 amide bonds. The number of benzene rings is 2. The van der Waals surface area contributed by atoms with E-state index in [-0.39, 0.29) is 18.2 Å². The van der Waals surface area contributed by atoms with Crippen molar-refractivity contribution in [3.63, 3.8) is 0 Å². The molecule has 0 aliphatic carbocycles. The number of hydrogen-bond donors (Lipinski definition) is 1. The van der Waals surface area contributed by atoms with Crippen molar-refractivity contribution in [1.82, 2.24) is 0 Å². The molecule has 2 aromatic rings. The molecule has 2 rings (SSSR count). The van der Waals surface area contributed by atoms with Crippen LogP contribution in [0.4, 0.5) is 11.4 Å². The van der Waals surface area contributed by atoms with Crippen LogP contribution in [0.2, 0.25) is 0 Å². The van der Waals surface area contributed by atoms with Crippen LogP contribution in [0.15, 0.2) is 53.0 Å². The molecule has 0 bridgehead atoms. The van der Waals surface area contributed by atoms with Gasteiger partial charge < -0.3 is 10.2 Å². The first-order chi connectivity index (χ1) is 10.5. The highest BCUT2D eigenvalue weighted by Gasteiger charge is 2.13. The Morgan fingerprint density at radius 2 is 1.73 bits per heavy atom. The van der Waals surface area contributed by atoms with E-state index in [1.54, 1.807) is 19.2 Å². The molecule has 0 aliphatic heterocycles. The van der Waals surface area contributed by atoms with Crippen LogP contribution in [0.1, 0.15) is 12.5 Å². The SMILES string of the molecule is CC(=O)N(C)c1ccccc1NC(=O)Cc1ccccc1Br. The maximum Gasteiger partial charge on any atom is 0.228 e. The van der Waals surface area contributed by atoms with Crippen LogP contribution < -0.4 is 10.2 Å². The molecule has 0 unspecified atom stereocenters. The van der Waals surface area contributed by atoms with Crippen molar-refractivity contribution in [2.24, 2.45) is 0 Å². The normalized spacial score (nSPS) is 10.1. The maximum absolute atomic E-state index is 12.2. The molecule has 0 saturated carbocycles. The Hall–Kier alpha value is -2.14. The number of amides is 2. The monoisotopic (exact) mass is 360 g/mol. The Bertz CT molecular complexity index is 701. The van der Waals surface area contributed by atoms with Gasteiger partial charge in [0.25, 0.3) is 0 Å². The number of para-hydroxylation sites is 2. The Morgan fingerprint density at radius 3 is 2.41 bits per heavy atom. The lowest BCUT2D eigenvalue weighted by molar-refractivity contribution is -0.117. The molecule has 0 atom stereocenters. The molecule has 0 fully saturated rings. The van der Waals surface area contributed by atoms with Crippen molar-refractivity contribution in [2.75, 3.05) is 17.3 Å². The highest BCUT2D eigenvalue weighted by atomic mass is 79.9. The minimum atomic E-state index is -0.128. The Morgan fingerprint density at radius 1 is 1.09 bits per heavy atom. The van der Waals surface area contributed by atoms with Crippen LogP contribution in [0, 0.1) is 0 Å². The number of carbonyl (C=O) groups excluding carboxylic acids is 2. The lowest BCUT2D eigenvalue weighted by Gasteiger charge is -2.19. The van der Waals surface area contributed by atoms with E-state index in [1.807, 2.05) is 36.4 Å². The summed E-state index contributed by atoms with van der Waals surface area (Å²) in [5.74, 6) is -0.219. The average molecular weight is 361 g/mol. The van der Waals surface area contributed by atoms with Gasteiger partial charge in [0, 0.05) is 18.4 Å². The summed E-state index contributed by atoms with van der Waals surface area (Å²) < 4.78 is 0.902. The summed E-state index contributed by atoms with van der Waals surface area (Å²) >= 11 is 3.43. The van der Waals surface area contributed by atoms with Crippen LogP contribution in [-0.2, 0) is 16.0 Å². The van der Waals surface area contributed by atoms with Crippen LogP contribution >= 0.6 is 15.9 Å². The molecule has 2 aromatic carbocycles. The van der Waals surface area contributed by atoms with Gasteiger partial charge in [0.15, 0.2) is 0 Å². The Kier molecular flexibility index (Phi) is 5.33. The van der Waals surface area contributed by atoms with E-state index < -0.39 is 0 Å². The second-order valence-electron chi connectivity index (χ2n) is 4.91. The van der Waals surface area contributed by atoms with E-state index >= 15 is 0 Å². The Balaban J connectivity index is 2.16. The van der Waals surface area contributed by atoms with Gasteiger partial charge in [-0.25, -0.2) is 0 Å². The predicted octanol–water partition coefficient (Wildman–Crippen LogP) is 3.61. The zero-order valence-corrected chi connectivity index (χ0v) is 14.1. The topological polar surface area (TPSA) is 49.4 Å². The highest BCUT2D eigenvalue weighted by Crippen LogP contribution is 2.25. The van der Waals surface area contributed by atoms with E-state index in [0.29, 0.717) is 11.4 Å². The summed E-state index contributed by atoms with van der Waals surface area (Å²) in [6.45, 7) is 1.49. The third-order valence-corrected chi connectivity index (χ3v) is 4.09. The van der Waals surface area contributed by atoms with Gasteiger partial charge >= 0.3 is 0 Å². The molecule has 0 heterocycles. The van der Waals surface area contributed by atoms with E-state index in [1.165, 1.54) is 11.8 Å². The summed E-state index contributed by atoms with van der Waals surface area (Å²) in [7, 11) is 1.68. The maximum atomic E-state index is 12.2. The summed E-state index contributed by atoms with van der Waals surface area (Å²) in [6, 6.07) is 14.8. The minimum Gasteiger partial charge on any atom is -0.324 e. The van der Waals surface area contributed by atoms with Crippen LogP contribution in [0.25, 0.3) is 0 Å². The summed E-state index contributed by atoms with van der Waals surface area (Å²) in [5.41, 5.74) is 2.21. The van der Waals surface area contributed by atoms with Crippen LogP contribution in [0.3, 0.4) is 0 Å². The van der Waals surface area contributed by atoms with Gasteiger partial charge in [0.1, 0.15) is 0 Å². The summed E-state index contributed by atoms with van der Waals surface area (Å²) in [4.78, 5) is 25.3. The number of nitrogens with one attached hydrogen (secondary N) is 1. The quantitative estimate of drug-likeness (QED) is 0.905. The van der Waals surface area contributed by atoms with Gasteiger partial charge in [0.05, 0.1) is 17.8 Å². The van der Waals surface area contributed by atoms with Gasteiger partial charge in [-0.2, -0.15) is 0 Å². The van der Waals surface area contributed by atoms with Gasteiger partial charge in [-0.1, -0.05) is 46.3 Å². The first-order valence-corrected chi connectivity index (χ1v) is 7.65. The fourth-order valence-electron chi connectivity index (χ4n) is 2.05. The number of nitrogens with zero attached hydrogens (tertiary/aromatic N) is 1. The van der Waals surface area contributed by atoms with Crippen LogP contribution in [-0.4, -0.2) is 18.9 Å². The van der Waals surface area contributed by atoms with E-state index in [9.17, 15) is 9.59 Å². The van der Waals surface area contributed by atoms with Crippen molar-refractivity contribution in [3.8, 4) is 0 Å². The third kappa shape index (κ3) is 3.95. The molecule has 0 saturated heterocycles. The summed E-state index contributed by atoms with van der Waals surface area (Å²) in [5, 5.41) is 2.87. The third-order valence-electron chi connectivity index (χ3n) is 3.32. The smallest absolute Gasteiger partial charge is 0.228 e. The van der Waals surface area contributed by atoms with Gasteiger partial charge in [-0.05, 0) is 23.8 Å². The Labute approximate surface area is 138 Å². The average Bonchev–Trinajstić information content (AvgIpc) is 2.49. The second-order valence-corrected chi connectivity index (χ2v) is 5.77. The van der Waals surface area contributed by atoms with E-state index in [2.05, 4.69) is 21.2 Å². The second kappa shape index (κ2) is 7.22. The zero-order chi connectivity index (χ0) is 16.1. The molecule has 0 aromatic heterocycles. The van der Waals surface area contributed by atoms with Gasteiger partial charge in [-0.15, -0.1) is 0 Å². The van der Waals surface area contributed by atoms with Crippen molar-refractivity contribution in [2.45, 2.75) is 13.3 Å². The first kappa shape index (κ1) is 16.2. The number of carbonyl (C=O) groups is 2. The zero-order valence-electron chi connectivity index (χ0n) is 12.5. The van der Waals surface area contributed by atoms with E-state index in [4.69, 9.17) is 0 Å². The molecule has 0 spiro atoms. The molecule has 114 valence electrons. The fourth-order valence-corrected chi connectivity index (χ4v) is 2.48. The molecule has 5 heteroatoms. The van der Waals surface area contributed by atoms with Gasteiger partial charge in [-0.3, -0.25) is 9.59 Å². The fraction of sp³-hybridized carbons (Fsp3) is 0.176. The molecule has 0 aliphatic rings. The van der Waals surface area contributed by atoms with Crippen molar-refractivity contribution in [3.05, 3.63) is 58.6 Å². The number of halogens is 1. The van der Waals surface area contributed by atoms with Crippen molar-refractivity contribution >= 4 is 39.1 Å².